The molecule has 0 bridgehead atoms. The summed E-state index contributed by atoms with van der Waals surface area (Å²) >= 11 is 0. The molecule has 2 aromatic rings. The summed E-state index contributed by atoms with van der Waals surface area (Å²) < 4.78 is 55.8. The van der Waals surface area contributed by atoms with E-state index in [1.165, 1.54) is 36.6 Å². The van der Waals surface area contributed by atoms with Gasteiger partial charge in [-0.25, -0.2) is 4.39 Å². The molecule has 0 radical (unpaired) electrons. The van der Waals surface area contributed by atoms with Crippen LogP contribution in [0.1, 0.15) is 11.3 Å². The lowest BCUT2D eigenvalue weighted by molar-refractivity contribution is -0.165. The smallest absolute Gasteiger partial charge is 0.406 e. The molecular formula is C16H14F4N2O3. The number of hydrogen-bond donors (Lipinski definition) is 0. The highest BCUT2D eigenvalue weighted by Crippen LogP contribution is 2.18. The predicted molar refractivity (Wildman–Crippen MR) is 80.1 cm³/mol. The van der Waals surface area contributed by atoms with Crippen molar-refractivity contribution >= 4 is 12.1 Å². The number of hydrogen-bond acceptors (Lipinski definition) is 4. The summed E-state index contributed by atoms with van der Waals surface area (Å²) in [5, 5.41) is 3.45. The monoisotopic (exact) mass is 358 g/mol. The Bertz CT molecular complexity index is 714. The van der Waals surface area contributed by atoms with Crippen LogP contribution >= 0.6 is 0 Å². The van der Waals surface area contributed by atoms with Gasteiger partial charge in [-0.2, -0.15) is 13.2 Å². The van der Waals surface area contributed by atoms with Crippen LogP contribution in [0, 0.1) is 5.82 Å². The molecular weight excluding hydrogens is 344 g/mol. The molecule has 0 atom stereocenters. The number of furan rings is 1. The van der Waals surface area contributed by atoms with Crippen molar-refractivity contribution in [2.45, 2.75) is 12.7 Å². The highest BCUT2D eigenvalue weighted by Gasteiger charge is 2.33. The Morgan fingerprint density at radius 3 is 2.72 bits per heavy atom. The Morgan fingerprint density at radius 2 is 2.08 bits per heavy atom. The van der Waals surface area contributed by atoms with Crippen molar-refractivity contribution in [3.05, 3.63) is 59.8 Å². The van der Waals surface area contributed by atoms with Crippen LogP contribution in [0.2, 0.25) is 0 Å². The molecule has 0 N–H and O–H groups in total. The van der Waals surface area contributed by atoms with Crippen LogP contribution in [0.25, 0.3) is 0 Å². The number of alkyl halides is 3. The molecule has 1 aromatic heterocycles. The minimum absolute atomic E-state index is 0.209. The summed E-state index contributed by atoms with van der Waals surface area (Å²) in [4.78, 5) is 17.2. The van der Waals surface area contributed by atoms with Crippen LogP contribution in [-0.2, 0) is 16.2 Å². The van der Waals surface area contributed by atoms with Gasteiger partial charge in [0.1, 0.15) is 18.1 Å². The summed E-state index contributed by atoms with van der Waals surface area (Å²) in [7, 11) is 0. The number of carbonyl (C=O) groups excluding carboxylic acids is 1. The molecule has 5 nitrogen and oxygen atoms in total. The molecule has 134 valence electrons. The molecule has 0 unspecified atom stereocenters. The van der Waals surface area contributed by atoms with E-state index in [0.29, 0.717) is 10.5 Å². The minimum Gasteiger partial charge on any atom is -0.467 e. The molecule has 0 spiro atoms. The summed E-state index contributed by atoms with van der Waals surface area (Å²) in [5.41, 5.74) is 0.384. The van der Waals surface area contributed by atoms with Gasteiger partial charge in [-0.3, -0.25) is 4.79 Å². The first-order valence-electron chi connectivity index (χ1n) is 7.11. The quantitative estimate of drug-likeness (QED) is 0.433. The fourth-order valence-corrected chi connectivity index (χ4v) is 1.91. The Morgan fingerprint density at radius 1 is 1.28 bits per heavy atom. The summed E-state index contributed by atoms with van der Waals surface area (Å²) in [6.07, 6.45) is -2.12. The number of carbonyl (C=O) groups is 1. The summed E-state index contributed by atoms with van der Waals surface area (Å²) in [6, 6.07) is 8.39. The van der Waals surface area contributed by atoms with Gasteiger partial charge < -0.3 is 14.2 Å². The van der Waals surface area contributed by atoms with E-state index in [9.17, 15) is 22.4 Å². The number of halogens is 4. The Kier molecular flexibility index (Phi) is 6.15. The maximum Gasteiger partial charge on any atom is 0.406 e. The second-order valence-corrected chi connectivity index (χ2v) is 5.01. The van der Waals surface area contributed by atoms with Gasteiger partial charge in [0.25, 0.3) is 5.91 Å². The molecule has 9 heteroatoms. The molecule has 0 aliphatic heterocycles. The topological polar surface area (TPSA) is 55.0 Å². The predicted octanol–water partition coefficient (Wildman–Crippen LogP) is 3.36. The van der Waals surface area contributed by atoms with Crippen LogP contribution < -0.4 is 0 Å². The van der Waals surface area contributed by atoms with Crippen LogP contribution in [0.4, 0.5) is 17.6 Å². The van der Waals surface area contributed by atoms with E-state index >= 15 is 0 Å². The Balaban J connectivity index is 1.92. The molecule has 2 rings (SSSR count). The van der Waals surface area contributed by atoms with Crippen molar-refractivity contribution < 1.29 is 31.6 Å². The number of nitrogens with zero attached hydrogens (tertiary/aromatic N) is 2. The second kappa shape index (κ2) is 8.32. The zero-order valence-corrected chi connectivity index (χ0v) is 12.9. The largest absolute Gasteiger partial charge is 0.467 e. The molecule has 0 fully saturated rings. The molecule has 0 aliphatic rings. The molecule has 0 aliphatic carbocycles. The van der Waals surface area contributed by atoms with E-state index in [0.717, 1.165) is 6.21 Å². The average Bonchev–Trinajstić information content (AvgIpc) is 3.02. The number of benzene rings is 1. The number of amides is 1. The molecule has 1 amide bonds. The van der Waals surface area contributed by atoms with Crippen molar-refractivity contribution in [3.8, 4) is 0 Å². The van der Waals surface area contributed by atoms with Gasteiger partial charge in [-0.05, 0) is 29.8 Å². The van der Waals surface area contributed by atoms with Crippen LogP contribution in [0.15, 0.2) is 52.2 Å². The van der Waals surface area contributed by atoms with Gasteiger partial charge >= 0.3 is 6.18 Å². The van der Waals surface area contributed by atoms with Gasteiger partial charge in [0, 0.05) is 0 Å². The van der Waals surface area contributed by atoms with E-state index in [4.69, 9.17) is 9.25 Å². The highest BCUT2D eigenvalue weighted by molar-refractivity contribution is 5.79. The van der Waals surface area contributed by atoms with Crippen molar-refractivity contribution in [2.24, 2.45) is 5.16 Å². The first kappa shape index (κ1) is 18.5. The van der Waals surface area contributed by atoms with Crippen molar-refractivity contribution in [1.82, 2.24) is 4.90 Å². The number of oxime groups is 1. The van der Waals surface area contributed by atoms with E-state index < -0.39 is 31.1 Å². The third-order valence-electron chi connectivity index (χ3n) is 2.96. The van der Waals surface area contributed by atoms with E-state index in [-0.39, 0.29) is 12.3 Å². The van der Waals surface area contributed by atoms with E-state index in [1.807, 2.05) is 0 Å². The van der Waals surface area contributed by atoms with Crippen molar-refractivity contribution in [1.29, 1.82) is 0 Å². The lowest BCUT2D eigenvalue weighted by Gasteiger charge is -2.22. The molecule has 25 heavy (non-hydrogen) atoms. The SMILES string of the molecule is O=C(CO/N=C/c1cccc(F)c1)N(Cc1ccco1)CC(F)(F)F. The van der Waals surface area contributed by atoms with Crippen LogP contribution in [0.5, 0.6) is 0 Å². The third kappa shape index (κ3) is 6.66. The maximum atomic E-state index is 13.0. The Hall–Kier alpha value is -2.84. The van der Waals surface area contributed by atoms with Crippen LogP contribution in [-0.4, -0.2) is 36.3 Å². The van der Waals surface area contributed by atoms with Crippen molar-refractivity contribution in [3.63, 3.8) is 0 Å². The van der Waals surface area contributed by atoms with Gasteiger partial charge in [-0.15, -0.1) is 0 Å². The molecule has 0 saturated heterocycles. The molecule has 1 aromatic carbocycles. The third-order valence-corrected chi connectivity index (χ3v) is 2.96. The van der Waals surface area contributed by atoms with Gasteiger partial charge in [-0.1, -0.05) is 17.3 Å². The maximum absolute atomic E-state index is 13.0. The fourth-order valence-electron chi connectivity index (χ4n) is 1.91. The lowest BCUT2D eigenvalue weighted by atomic mass is 10.2. The second-order valence-electron chi connectivity index (χ2n) is 5.01. The zero-order valence-electron chi connectivity index (χ0n) is 12.9. The summed E-state index contributed by atoms with van der Waals surface area (Å²) in [6.45, 7) is -2.48. The molecule has 1 heterocycles. The van der Waals surface area contributed by atoms with Crippen molar-refractivity contribution in [2.75, 3.05) is 13.2 Å². The van der Waals surface area contributed by atoms with Crippen LogP contribution in [0.3, 0.4) is 0 Å². The van der Waals surface area contributed by atoms with Gasteiger partial charge in [0.2, 0.25) is 0 Å². The normalized spacial score (nSPS) is 11.7. The van der Waals surface area contributed by atoms with E-state index in [1.54, 1.807) is 6.07 Å². The Labute approximate surface area is 140 Å². The number of rotatable bonds is 7. The average molecular weight is 358 g/mol. The summed E-state index contributed by atoms with van der Waals surface area (Å²) in [5.74, 6) is -1.18. The zero-order chi connectivity index (χ0) is 18.3. The minimum atomic E-state index is -4.56. The lowest BCUT2D eigenvalue weighted by Crippen LogP contribution is -2.40. The first-order valence-corrected chi connectivity index (χ1v) is 7.11. The first-order chi connectivity index (χ1) is 11.8. The highest BCUT2D eigenvalue weighted by atomic mass is 19.4. The standard InChI is InChI=1S/C16H14F4N2O3/c17-13-4-1-3-12(7-13)8-21-25-10-15(23)22(11-16(18,19)20)9-14-5-2-6-24-14/h1-8H,9-11H2/b21-8+. The van der Waals surface area contributed by atoms with Gasteiger partial charge in [0.05, 0.1) is 19.0 Å². The van der Waals surface area contributed by atoms with Gasteiger partial charge in [0.15, 0.2) is 6.61 Å². The van der Waals surface area contributed by atoms with E-state index in [2.05, 4.69) is 5.16 Å². The molecule has 0 saturated carbocycles. The fraction of sp³-hybridized carbons (Fsp3) is 0.250.